The van der Waals surface area contributed by atoms with Crippen molar-refractivity contribution >= 4 is 11.7 Å². The summed E-state index contributed by atoms with van der Waals surface area (Å²) < 4.78 is 0. The van der Waals surface area contributed by atoms with Crippen LogP contribution in [0.3, 0.4) is 0 Å². The van der Waals surface area contributed by atoms with Crippen molar-refractivity contribution in [2.75, 3.05) is 26.2 Å². The van der Waals surface area contributed by atoms with Gasteiger partial charge in [-0.05, 0) is 17.5 Å². The lowest BCUT2D eigenvalue weighted by molar-refractivity contribution is -0.137. The zero-order valence-electron chi connectivity index (χ0n) is 14.9. The lowest BCUT2D eigenvalue weighted by atomic mass is 9.82. The molecule has 0 saturated carbocycles. The van der Waals surface area contributed by atoms with E-state index in [9.17, 15) is 9.59 Å². The largest absolute Gasteiger partial charge is 0.340 e. The van der Waals surface area contributed by atoms with E-state index in [2.05, 4.69) is 29.2 Å². The molecule has 1 aliphatic carbocycles. The van der Waals surface area contributed by atoms with Crippen LogP contribution in [0.15, 0.2) is 54.6 Å². The van der Waals surface area contributed by atoms with Gasteiger partial charge in [-0.25, -0.2) is 0 Å². The fourth-order valence-electron chi connectivity index (χ4n) is 4.04. The van der Waals surface area contributed by atoms with Crippen molar-refractivity contribution in [1.82, 2.24) is 9.80 Å². The van der Waals surface area contributed by atoms with Crippen LogP contribution in [0.25, 0.3) is 0 Å². The molecule has 1 atom stereocenters. The number of benzene rings is 2. The lowest BCUT2D eigenvalue weighted by Gasteiger charge is -2.37. The molecular weight excluding hydrogens is 324 g/mol. The molecule has 0 N–H and O–H groups in total. The normalized spacial score (nSPS) is 20.7. The van der Waals surface area contributed by atoms with E-state index in [4.69, 9.17) is 0 Å². The van der Waals surface area contributed by atoms with Crippen LogP contribution in [0.2, 0.25) is 0 Å². The molecule has 1 fully saturated rings. The highest BCUT2D eigenvalue weighted by Gasteiger charge is 2.33. The van der Waals surface area contributed by atoms with Crippen molar-refractivity contribution in [2.45, 2.75) is 19.4 Å². The summed E-state index contributed by atoms with van der Waals surface area (Å²) in [4.78, 5) is 29.6. The van der Waals surface area contributed by atoms with E-state index in [0.29, 0.717) is 12.8 Å². The number of carbonyl (C=O) groups is 2. The van der Waals surface area contributed by atoms with Crippen LogP contribution in [0.4, 0.5) is 0 Å². The molecule has 4 heteroatoms. The Kier molecular flexibility index (Phi) is 4.85. The van der Waals surface area contributed by atoms with E-state index in [0.717, 1.165) is 43.9 Å². The lowest BCUT2D eigenvalue weighted by Crippen LogP contribution is -2.50. The zero-order chi connectivity index (χ0) is 17.9. The molecule has 2 aromatic rings. The molecule has 4 nitrogen and oxygen atoms in total. The van der Waals surface area contributed by atoms with Crippen molar-refractivity contribution in [3.05, 3.63) is 71.3 Å². The molecule has 2 aromatic carbocycles. The van der Waals surface area contributed by atoms with E-state index in [1.165, 1.54) is 5.56 Å². The Morgan fingerprint density at radius 3 is 2.35 bits per heavy atom. The Bertz CT molecular complexity index is 795. The Morgan fingerprint density at radius 2 is 1.58 bits per heavy atom. The van der Waals surface area contributed by atoms with Crippen molar-refractivity contribution < 1.29 is 9.59 Å². The van der Waals surface area contributed by atoms with Crippen LogP contribution in [0, 0.1) is 5.92 Å². The highest BCUT2D eigenvalue weighted by atomic mass is 16.2. The average molecular weight is 348 g/mol. The fraction of sp³-hybridized carbons (Fsp3) is 0.364. The summed E-state index contributed by atoms with van der Waals surface area (Å²) in [5.41, 5.74) is 3.12. The maximum atomic E-state index is 12.9. The van der Waals surface area contributed by atoms with Crippen LogP contribution < -0.4 is 0 Å². The topological polar surface area (TPSA) is 40.6 Å². The first-order valence-electron chi connectivity index (χ1n) is 9.37. The number of nitrogens with zero attached hydrogens (tertiary/aromatic N) is 2. The second-order valence-electron chi connectivity index (χ2n) is 7.27. The molecule has 2 aliphatic rings. The summed E-state index contributed by atoms with van der Waals surface area (Å²) in [5.74, 6) is 0.0539. The summed E-state index contributed by atoms with van der Waals surface area (Å²) in [5, 5.41) is 0. The maximum absolute atomic E-state index is 12.9. The van der Waals surface area contributed by atoms with Gasteiger partial charge in [0.2, 0.25) is 5.91 Å². The summed E-state index contributed by atoms with van der Waals surface area (Å²) in [6.07, 6.45) is 1.03. The predicted octanol–water partition coefficient (Wildman–Crippen LogP) is 2.78. The van der Waals surface area contributed by atoms with Crippen molar-refractivity contribution in [2.24, 2.45) is 5.92 Å². The Labute approximate surface area is 154 Å². The van der Waals surface area contributed by atoms with Gasteiger partial charge in [-0.1, -0.05) is 54.6 Å². The average Bonchev–Trinajstić information content (AvgIpc) is 2.69. The number of amides is 1. The maximum Gasteiger partial charge on any atom is 0.226 e. The van der Waals surface area contributed by atoms with Crippen molar-refractivity contribution in [3.63, 3.8) is 0 Å². The Hall–Kier alpha value is -2.46. The Balaban J connectivity index is 1.35. The predicted molar refractivity (Wildman–Crippen MR) is 101 cm³/mol. The van der Waals surface area contributed by atoms with Gasteiger partial charge in [0.1, 0.15) is 0 Å². The van der Waals surface area contributed by atoms with Gasteiger partial charge in [0, 0.05) is 50.6 Å². The first kappa shape index (κ1) is 17.0. The van der Waals surface area contributed by atoms with E-state index in [1.54, 1.807) is 0 Å². The molecule has 134 valence electrons. The van der Waals surface area contributed by atoms with Crippen LogP contribution in [0.5, 0.6) is 0 Å². The molecule has 1 saturated heterocycles. The number of ketones is 1. The van der Waals surface area contributed by atoms with Crippen LogP contribution >= 0.6 is 0 Å². The summed E-state index contributed by atoms with van der Waals surface area (Å²) in [6, 6.07) is 18.1. The molecular formula is C22H24N2O2. The van der Waals surface area contributed by atoms with Crippen molar-refractivity contribution in [3.8, 4) is 0 Å². The molecule has 1 unspecified atom stereocenters. The number of rotatable bonds is 3. The van der Waals surface area contributed by atoms with E-state index >= 15 is 0 Å². The van der Waals surface area contributed by atoms with E-state index < -0.39 is 0 Å². The van der Waals surface area contributed by atoms with Gasteiger partial charge >= 0.3 is 0 Å². The smallest absolute Gasteiger partial charge is 0.226 e. The van der Waals surface area contributed by atoms with Crippen LogP contribution in [0.1, 0.15) is 27.9 Å². The number of Topliss-reactive ketones (excluding diaryl/α,β-unsaturated/α-hetero) is 1. The van der Waals surface area contributed by atoms with Gasteiger partial charge in [0.15, 0.2) is 5.78 Å². The van der Waals surface area contributed by atoms with Gasteiger partial charge in [-0.15, -0.1) is 0 Å². The SMILES string of the molecule is O=C1CC(C(=O)N2CCN(Cc3ccccc3)CC2)Cc2ccccc21. The highest BCUT2D eigenvalue weighted by Crippen LogP contribution is 2.27. The standard InChI is InChI=1S/C22H24N2O2/c25-21-15-19(14-18-8-4-5-9-20(18)21)22(26)24-12-10-23(11-13-24)16-17-6-2-1-3-7-17/h1-9,19H,10-16H2. The summed E-state index contributed by atoms with van der Waals surface area (Å²) in [7, 11) is 0. The third-order valence-corrected chi connectivity index (χ3v) is 5.50. The molecule has 0 bridgehead atoms. The summed E-state index contributed by atoms with van der Waals surface area (Å²) in [6.45, 7) is 4.20. The number of carbonyl (C=O) groups excluding carboxylic acids is 2. The molecule has 4 rings (SSSR count). The fourth-order valence-corrected chi connectivity index (χ4v) is 4.04. The Morgan fingerprint density at radius 1 is 0.885 bits per heavy atom. The first-order valence-corrected chi connectivity index (χ1v) is 9.37. The number of hydrogen-bond donors (Lipinski definition) is 0. The molecule has 1 aliphatic heterocycles. The first-order chi connectivity index (χ1) is 12.7. The minimum absolute atomic E-state index is 0.105. The van der Waals surface area contributed by atoms with Gasteiger partial charge in [-0.2, -0.15) is 0 Å². The second kappa shape index (κ2) is 7.42. The minimum atomic E-state index is -0.196. The van der Waals surface area contributed by atoms with Gasteiger partial charge in [0.05, 0.1) is 0 Å². The zero-order valence-corrected chi connectivity index (χ0v) is 14.9. The highest BCUT2D eigenvalue weighted by molar-refractivity contribution is 6.01. The van der Waals surface area contributed by atoms with Crippen LogP contribution in [-0.2, 0) is 17.8 Å². The van der Waals surface area contributed by atoms with Gasteiger partial charge < -0.3 is 4.90 Å². The molecule has 1 heterocycles. The molecule has 26 heavy (non-hydrogen) atoms. The number of piperazine rings is 1. The van der Waals surface area contributed by atoms with Crippen molar-refractivity contribution in [1.29, 1.82) is 0 Å². The monoisotopic (exact) mass is 348 g/mol. The molecule has 0 radical (unpaired) electrons. The number of fused-ring (bicyclic) bond motifs is 1. The van der Waals surface area contributed by atoms with Crippen LogP contribution in [-0.4, -0.2) is 47.7 Å². The molecule has 0 aromatic heterocycles. The minimum Gasteiger partial charge on any atom is -0.340 e. The van der Waals surface area contributed by atoms with E-state index in [-0.39, 0.29) is 17.6 Å². The quantitative estimate of drug-likeness (QED) is 0.856. The molecule has 1 amide bonds. The van der Waals surface area contributed by atoms with Gasteiger partial charge in [0.25, 0.3) is 0 Å². The summed E-state index contributed by atoms with van der Waals surface area (Å²) >= 11 is 0. The van der Waals surface area contributed by atoms with E-state index in [1.807, 2.05) is 35.2 Å². The third-order valence-electron chi connectivity index (χ3n) is 5.50. The third kappa shape index (κ3) is 3.56. The second-order valence-corrected chi connectivity index (χ2v) is 7.27. The van der Waals surface area contributed by atoms with Gasteiger partial charge in [-0.3, -0.25) is 14.5 Å². The molecule has 0 spiro atoms. The number of hydrogen-bond acceptors (Lipinski definition) is 3.